The topological polar surface area (TPSA) is 136 Å². The molecule has 0 bridgehead atoms. The number of rotatable bonds is 6. The van der Waals surface area contributed by atoms with Crippen LogP contribution in [0.25, 0.3) is 44.5 Å². The molecular formula is C28H19F3N6O3S. The number of sulfonamides is 1. The first-order valence-electron chi connectivity index (χ1n) is 12.0. The number of aromatic nitrogens is 4. The van der Waals surface area contributed by atoms with Gasteiger partial charge >= 0.3 is 0 Å². The summed E-state index contributed by atoms with van der Waals surface area (Å²) in [4.78, 5) is 15.2. The molecule has 41 heavy (non-hydrogen) atoms. The minimum atomic E-state index is -4.80. The van der Waals surface area contributed by atoms with Crippen LogP contribution in [0.1, 0.15) is 0 Å². The molecule has 0 radical (unpaired) electrons. The SMILES string of the molecule is COc1cc(-c2cccc(NS(=O)(=O)c3c(F)cccc3F)c2F)cc2c(N)nc(-c3cnc4[nH]ccc4c3)nc12. The fourth-order valence-electron chi connectivity index (χ4n) is 4.49. The molecule has 0 spiro atoms. The quantitative estimate of drug-likeness (QED) is 0.233. The van der Waals surface area contributed by atoms with Gasteiger partial charge in [0.2, 0.25) is 0 Å². The van der Waals surface area contributed by atoms with E-state index in [2.05, 4.69) is 19.9 Å². The van der Waals surface area contributed by atoms with Gasteiger partial charge in [-0.3, -0.25) is 4.72 Å². The minimum Gasteiger partial charge on any atom is -0.494 e. The Balaban J connectivity index is 1.43. The molecule has 9 nitrogen and oxygen atoms in total. The van der Waals surface area contributed by atoms with Crippen molar-refractivity contribution in [3.8, 4) is 28.3 Å². The summed E-state index contributed by atoms with van der Waals surface area (Å²) in [7, 11) is -3.39. The third-order valence-corrected chi connectivity index (χ3v) is 7.83. The summed E-state index contributed by atoms with van der Waals surface area (Å²) in [5.74, 6) is -2.97. The lowest BCUT2D eigenvalue weighted by molar-refractivity contribution is 0.419. The maximum atomic E-state index is 15.7. The van der Waals surface area contributed by atoms with Crippen molar-refractivity contribution in [1.29, 1.82) is 0 Å². The van der Waals surface area contributed by atoms with Crippen LogP contribution in [-0.4, -0.2) is 35.5 Å². The van der Waals surface area contributed by atoms with Gasteiger partial charge in [0.25, 0.3) is 10.0 Å². The summed E-state index contributed by atoms with van der Waals surface area (Å²) in [6.45, 7) is 0. The number of nitrogen functional groups attached to an aromatic ring is 1. The zero-order chi connectivity index (χ0) is 28.9. The third kappa shape index (κ3) is 4.55. The fourth-order valence-corrected chi connectivity index (χ4v) is 5.69. The first kappa shape index (κ1) is 26.1. The molecule has 0 saturated carbocycles. The van der Waals surface area contributed by atoms with Crippen molar-refractivity contribution in [1.82, 2.24) is 19.9 Å². The van der Waals surface area contributed by atoms with Crippen LogP contribution in [-0.2, 0) is 10.0 Å². The average Bonchev–Trinajstić information content (AvgIpc) is 3.41. The summed E-state index contributed by atoms with van der Waals surface area (Å²) in [6.07, 6.45) is 3.37. The standard InChI is InChI=1S/C28H19F3N6O3S/c1-40-22-12-15(11-18-24(22)35-28(36-26(18)32)16-10-14-8-9-33-27(14)34-13-16)17-4-2-7-21(23(17)31)37-41(38,39)25-19(29)5-3-6-20(25)30/h2-13,37H,1H3,(H,33,34)(H2,32,35,36). The second kappa shape index (κ2) is 9.78. The van der Waals surface area contributed by atoms with E-state index in [-0.39, 0.29) is 22.7 Å². The van der Waals surface area contributed by atoms with Gasteiger partial charge in [-0.25, -0.2) is 36.5 Å². The lowest BCUT2D eigenvalue weighted by atomic mass is 10.0. The second-order valence-corrected chi connectivity index (χ2v) is 10.6. The van der Waals surface area contributed by atoms with Gasteiger partial charge in [-0.05, 0) is 48.0 Å². The van der Waals surface area contributed by atoms with E-state index in [1.54, 1.807) is 12.4 Å². The molecule has 13 heteroatoms. The van der Waals surface area contributed by atoms with Gasteiger partial charge in [0, 0.05) is 34.3 Å². The molecule has 4 N–H and O–H groups in total. The van der Waals surface area contributed by atoms with Crippen molar-refractivity contribution in [2.75, 3.05) is 17.6 Å². The highest BCUT2D eigenvalue weighted by molar-refractivity contribution is 7.92. The van der Waals surface area contributed by atoms with Gasteiger partial charge in [0.1, 0.15) is 34.4 Å². The predicted molar refractivity (Wildman–Crippen MR) is 148 cm³/mol. The number of aromatic amines is 1. The lowest BCUT2D eigenvalue weighted by Crippen LogP contribution is -2.17. The van der Waals surface area contributed by atoms with Crippen LogP contribution in [0.15, 0.2) is 78.0 Å². The van der Waals surface area contributed by atoms with Gasteiger partial charge in [-0.15, -0.1) is 0 Å². The molecule has 0 amide bonds. The zero-order valence-corrected chi connectivity index (χ0v) is 21.9. The van der Waals surface area contributed by atoms with Crippen molar-refractivity contribution in [2.45, 2.75) is 4.90 Å². The zero-order valence-electron chi connectivity index (χ0n) is 21.1. The number of pyridine rings is 1. The van der Waals surface area contributed by atoms with E-state index in [0.717, 1.165) is 29.7 Å². The van der Waals surface area contributed by atoms with Crippen LogP contribution < -0.4 is 15.2 Å². The second-order valence-electron chi connectivity index (χ2n) is 8.97. The number of nitrogens with two attached hydrogens (primary N) is 1. The Bertz CT molecular complexity index is 2080. The van der Waals surface area contributed by atoms with Crippen LogP contribution in [0.4, 0.5) is 24.7 Å². The molecule has 0 saturated heterocycles. The number of benzene rings is 3. The fraction of sp³-hybridized carbons (Fsp3) is 0.0357. The molecule has 3 heterocycles. The number of anilines is 2. The minimum absolute atomic E-state index is 0.0370. The van der Waals surface area contributed by atoms with Crippen molar-refractivity contribution in [2.24, 2.45) is 0 Å². The number of nitrogens with zero attached hydrogens (tertiary/aromatic N) is 3. The maximum absolute atomic E-state index is 15.7. The van der Waals surface area contributed by atoms with Crippen LogP contribution in [0.2, 0.25) is 0 Å². The predicted octanol–water partition coefficient (Wildman–Crippen LogP) is 5.65. The highest BCUT2D eigenvalue weighted by Gasteiger charge is 2.26. The van der Waals surface area contributed by atoms with Gasteiger partial charge in [-0.2, -0.15) is 0 Å². The largest absolute Gasteiger partial charge is 0.494 e. The smallest absolute Gasteiger partial charge is 0.267 e. The molecule has 3 aromatic heterocycles. The number of nitrogens with one attached hydrogen (secondary N) is 2. The lowest BCUT2D eigenvalue weighted by Gasteiger charge is -2.15. The Labute approximate surface area is 230 Å². The van der Waals surface area contributed by atoms with Crippen molar-refractivity contribution in [3.05, 3.63) is 90.5 Å². The van der Waals surface area contributed by atoms with E-state index in [1.165, 1.54) is 31.4 Å². The molecule has 206 valence electrons. The van der Waals surface area contributed by atoms with Gasteiger partial charge in [0.05, 0.1) is 12.8 Å². The molecule has 6 rings (SSSR count). The Morgan fingerprint density at radius 2 is 1.71 bits per heavy atom. The third-order valence-electron chi connectivity index (χ3n) is 6.41. The van der Waals surface area contributed by atoms with E-state index < -0.39 is 38.1 Å². The molecule has 0 fully saturated rings. The normalized spacial score (nSPS) is 11.7. The van der Waals surface area contributed by atoms with Crippen LogP contribution in [0.3, 0.4) is 0 Å². The molecule has 3 aromatic carbocycles. The van der Waals surface area contributed by atoms with E-state index in [0.29, 0.717) is 27.9 Å². The Hall–Kier alpha value is -5.17. The highest BCUT2D eigenvalue weighted by atomic mass is 32.2. The molecule has 0 aliphatic heterocycles. The van der Waals surface area contributed by atoms with Gasteiger partial charge in [-0.1, -0.05) is 18.2 Å². The van der Waals surface area contributed by atoms with Crippen LogP contribution in [0, 0.1) is 17.5 Å². The van der Waals surface area contributed by atoms with Crippen LogP contribution >= 0.6 is 0 Å². The van der Waals surface area contributed by atoms with Crippen LogP contribution in [0.5, 0.6) is 5.75 Å². The van der Waals surface area contributed by atoms with E-state index in [1.807, 2.05) is 16.9 Å². The molecule has 0 atom stereocenters. The highest BCUT2D eigenvalue weighted by Crippen LogP contribution is 2.37. The van der Waals surface area contributed by atoms with Gasteiger partial charge < -0.3 is 15.5 Å². The first-order chi connectivity index (χ1) is 19.7. The number of hydrogen-bond acceptors (Lipinski definition) is 7. The van der Waals surface area contributed by atoms with Crippen molar-refractivity contribution < 1.29 is 26.3 Å². The Morgan fingerprint density at radius 3 is 2.46 bits per heavy atom. The monoisotopic (exact) mass is 576 g/mol. The maximum Gasteiger partial charge on any atom is 0.267 e. The van der Waals surface area contributed by atoms with Crippen molar-refractivity contribution >= 4 is 43.5 Å². The average molecular weight is 577 g/mol. The van der Waals surface area contributed by atoms with Gasteiger partial charge in [0.15, 0.2) is 16.5 Å². The Morgan fingerprint density at radius 1 is 0.951 bits per heavy atom. The number of fused-ring (bicyclic) bond motifs is 2. The van der Waals surface area contributed by atoms with Crippen molar-refractivity contribution in [3.63, 3.8) is 0 Å². The number of ether oxygens (including phenoxy) is 1. The Kier molecular flexibility index (Phi) is 6.22. The summed E-state index contributed by atoms with van der Waals surface area (Å²) in [6, 6.07) is 13.3. The summed E-state index contributed by atoms with van der Waals surface area (Å²) < 4.78 is 77.0. The molecule has 0 aliphatic rings. The molecular weight excluding hydrogens is 557 g/mol. The van der Waals surface area contributed by atoms with E-state index >= 15 is 4.39 Å². The van der Waals surface area contributed by atoms with E-state index in [9.17, 15) is 17.2 Å². The first-order valence-corrected chi connectivity index (χ1v) is 13.5. The summed E-state index contributed by atoms with van der Waals surface area (Å²) >= 11 is 0. The number of halogens is 3. The molecule has 0 aliphatic carbocycles. The van der Waals surface area contributed by atoms with E-state index in [4.69, 9.17) is 10.5 Å². The number of H-pyrrole nitrogens is 1. The number of hydrogen-bond donors (Lipinski definition) is 3. The number of methoxy groups -OCH3 is 1. The molecule has 6 aromatic rings. The molecule has 0 unspecified atom stereocenters. The summed E-state index contributed by atoms with van der Waals surface area (Å²) in [5.41, 5.74) is 7.71. The summed E-state index contributed by atoms with van der Waals surface area (Å²) in [5, 5.41) is 1.22.